The summed E-state index contributed by atoms with van der Waals surface area (Å²) in [5.41, 5.74) is 11.4. The van der Waals surface area contributed by atoms with Gasteiger partial charge in [0.05, 0.1) is 5.69 Å². The van der Waals surface area contributed by atoms with E-state index >= 15 is 0 Å². The van der Waals surface area contributed by atoms with E-state index in [2.05, 4.69) is 53.4 Å². The van der Waals surface area contributed by atoms with Gasteiger partial charge in [-0.3, -0.25) is 0 Å². The summed E-state index contributed by atoms with van der Waals surface area (Å²) in [6, 6.07) is 8.12. The highest BCUT2D eigenvalue weighted by Crippen LogP contribution is 2.27. The maximum Gasteiger partial charge on any atom is 0.0505 e. The molecule has 0 amide bonds. The van der Waals surface area contributed by atoms with Crippen LogP contribution in [0.4, 0.5) is 5.69 Å². The molecule has 0 fully saturated rings. The molecule has 3 heteroatoms. The van der Waals surface area contributed by atoms with Crippen molar-refractivity contribution in [3.8, 4) is 5.69 Å². The number of benzene rings is 1. The average Bonchev–Trinajstić information content (AvgIpc) is 2.46. The summed E-state index contributed by atoms with van der Waals surface area (Å²) < 4.78 is 3.35. The lowest BCUT2D eigenvalue weighted by atomic mass is 10.1. The van der Waals surface area contributed by atoms with Crippen molar-refractivity contribution in [3.63, 3.8) is 0 Å². The molecule has 0 aliphatic heterocycles. The van der Waals surface area contributed by atoms with E-state index in [1.165, 1.54) is 17.0 Å². The molecule has 1 heterocycles. The first-order chi connectivity index (χ1) is 7.50. The number of anilines is 1. The minimum atomic E-state index is 0.796. The Morgan fingerprint density at radius 3 is 2.38 bits per heavy atom. The lowest BCUT2D eigenvalue weighted by molar-refractivity contribution is 0.953. The van der Waals surface area contributed by atoms with E-state index in [-0.39, 0.29) is 0 Å². The number of halogens is 1. The fourth-order valence-electron chi connectivity index (χ4n) is 1.96. The molecule has 0 aliphatic rings. The van der Waals surface area contributed by atoms with Crippen molar-refractivity contribution >= 4 is 21.6 Å². The van der Waals surface area contributed by atoms with Crippen LogP contribution >= 0.6 is 15.9 Å². The quantitative estimate of drug-likeness (QED) is 0.792. The van der Waals surface area contributed by atoms with E-state index in [1.807, 2.05) is 12.1 Å². The minimum absolute atomic E-state index is 0.796. The van der Waals surface area contributed by atoms with Gasteiger partial charge in [-0.1, -0.05) is 6.07 Å². The van der Waals surface area contributed by atoms with E-state index in [9.17, 15) is 0 Å². The van der Waals surface area contributed by atoms with E-state index in [1.54, 1.807) is 0 Å². The van der Waals surface area contributed by atoms with Gasteiger partial charge in [-0.15, -0.1) is 0 Å². The van der Waals surface area contributed by atoms with Crippen LogP contribution in [0.5, 0.6) is 0 Å². The third-order valence-electron chi connectivity index (χ3n) is 2.84. The molecule has 0 radical (unpaired) electrons. The molecule has 0 saturated heterocycles. The molecule has 0 atom stereocenters. The Labute approximate surface area is 104 Å². The molecule has 2 nitrogen and oxygen atoms in total. The first-order valence-electron chi connectivity index (χ1n) is 5.21. The zero-order valence-electron chi connectivity index (χ0n) is 9.71. The van der Waals surface area contributed by atoms with Crippen molar-refractivity contribution in [3.05, 3.63) is 45.7 Å². The van der Waals surface area contributed by atoms with Crippen molar-refractivity contribution in [2.24, 2.45) is 0 Å². The minimum Gasteiger partial charge on any atom is -0.399 e. The smallest absolute Gasteiger partial charge is 0.0505 e. The molecule has 0 spiro atoms. The summed E-state index contributed by atoms with van der Waals surface area (Å²) in [7, 11) is 0. The molecule has 0 unspecified atom stereocenters. The molecule has 16 heavy (non-hydrogen) atoms. The van der Waals surface area contributed by atoms with Crippen molar-refractivity contribution < 1.29 is 0 Å². The van der Waals surface area contributed by atoms with Gasteiger partial charge >= 0.3 is 0 Å². The Hall–Kier alpha value is -1.22. The van der Waals surface area contributed by atoms with Crippen LogP contribution in [0, 0.1) is 20.8 Å². The Bertz CT molecular complexity index is 541. The first-order valence-corrected chi connectivity index (χ1v) is 6.01. The molecular formula is C13H15BrN2. The number of hydrogen-bond acceptors (Lipinski definition) is 1. The van der Waals surface area contributed by atoms with Crippen LogP contribution in [0.2, 0.25) is 0 Å². The Morgan fingerprint density at radius 1 is 1.12 bits per heavy atom. The van der Waals surface area contributed by atoms with E-state index in [0.717, 1.165) is 15.8 Å². The maximum atomic E-state index is 5.85. The van der Waals surface area contributed by atoms with Crippen LogP contribution in [0.1, 0.15) is 17.0 Å². The standard InChI is InChI=1S/C13H15BrN2/c1-8-4-5-11(15)7-13(8)16-9(2)6-12(14)10(16)3/h4-7H,15H2,1-3H3. The topological polar surface area (TPSA) is 30.9 Å². The Morgan fingerprint density at radius 2 is 1.81 bits per heavy atom. The van der Waals surface area contributed by atoms with Crippen molar-refractivity contribution in [2.75, 3.05) is 5.73 Å². The third kappa shape index (κ3) is 1.76. The van der Waals surface area contributed by atoms with Gasteiger partial charge in [0.1, 0.15) is 0 Å². The molecular weight excluding hydrogens is 264 g/mol. The second-order valence-corrected chi connectivity index (χ2v) is 4.95. The highest BCUT2D eigenvalue weighted by Gasteiger charge is 2.10. The van der Waals surface area contributed by atoms with E-state index < -0.39 is 0 Å². The number of nitrogen functional groups attached to an aromatic ring is 1. The van der Waals surface area contributed by atoms with Crippen molar-refractivity contribution in [1.29, 1.82) is 0 Å². The predicted molar refractivity (Wildman–Crippen MR) is 72.1 cm³/mol. The summed E-state index contributed by atoms with van der Waals surface area (Å²) in [6.07, 6.45) is 0. The van der Waals surface area contributed by atoms with Crippen LogP contribution < -0.4 is 5.73 Å². The normalized spacial score (nSPS) is 10.8. The molecule has 2 N–H and O–H groups in total. The lowest BCUT2D eigenvalue weighted by Crippen LogP contribution is -2.02. The lowest BCUT2D eigenvalue weighted by Gasteiger charge is -2.13. The molecule has 1 aromatic carbocycles. The Balaban J connectivity index is 2.71. The van der Waals surface area contributed by atoms with Gasteiger partial charge in [0.25, 0.3) is 0 Å². The van der Waals surface area contributed by atoms with Crippen molar-refractivity contribution in [1.82, 2.24) is 4.57 Å². The van der Waals surface area contributed by atoms with Gasteiger partial charge < -0.3 is 10.3 Å². The average molecular weight is 279 g/mol. The summed E-state index contributed by atoms with van der Waals surface area (Å²) in [5.74, 6) is 0. The van der Waals surface area contributed by atoms with Crippen LogP contribution in [0.15, 0.2) is 28.7 Å². The fourth-order valence-corrected chi connectivity index (χ4v) is 2.47. The van der Waals surface area contributed by atoms with Gasteiger partial charge in [-0.2, -0.15) is 0 Å². The highest BCUT2D eigenvalue weighted by molar-refractivity contribution is 9.10. The molecule has 0 aliphatic carbocycles. The predicted octanol–water partition coefficient (Wildman–Crippen LogP) is 3.75. The van der Waals surface area contributed by atoms with E-state index in [4.69, 9.17) is 5.73 Å². The number of hydrogen-bond donors (Lipinski definition) is 1. The number of nitrogens with zero attached hydrogens (tertiary/aromatic N) is 1. The van der Waals surface area contributed by atoms with Gasteiger partial charge in [-0.05, 0) is 60.5 Å². The number of nitrogens with two attached hydrogens (primary N) is 1. The second kappa shape index (κ2) is 3.98. The van der Waals surface area contributed by atoms with Crippen LogP contribution in [-0.2, 0) is 0 Å². The fraction of sp³-hybridized carbons (Fsp3) is 0.231. The van der Waals surface area contributed by atoms with Gasteiger partial charge in [0.2, 0.25) is 0 Å². The zero-order valence-corrected chi connectivity index (χ0v) is 11.3. The zero-order chi connectivity index (χ0) is 11.9. The maximum absolute atomic E-state index is 5.85. The number of rotatable bonds is 1. The monoisotopic (exact) mass is 278 g/mol. The van der Waals surface area contributed by atoms with Gasteiger partial charge in [0, 0.05) is 21.5 Å². The second-order valence-electron chi connectivity index (χ2n) is 4.10. The molecule has 84 valence electrons. The van der Waals surface area contributed by atoms with Crippen LogP contribution in [-0.4, -0.2) is 4.57 Å². The number of aromatic nitrogens is 1. The molecule has 2 rings (SSSR count). The number of aryl methyl sites for hydroxylation is 2. The SMILES string of the molecule is Cc1ccc(N)cc1-n1c(C)cc(Br)c1C. The third-order valence-corrected chi connectivity index (χ3v) is 3.65. The van der Waals surface area contributed by atoms with Crippen LogP contribution in [0.3, 0.4) is 0 Å². The summed E-state index contributed by atoms with van der Waals surface area (Å²) >= 11 is 3.56. The summed E-state index contributed by atoms with van der Waals surface area (Å²) in [6.45, 7) is 6.29. The molecule has 0 saturated carbocycles. The summed E-state index contributed by atoms with van der Waals surface area (Å²) in [4.78, 5) is 0. The highest BCUT2D eigenvalue weighted by atomic mass is 79.9. The van der Waals surface area contributed by atoms with Crippen LogP contribution in [0.25, 0.3) is 5.69 Å². The molecule has 1 aromatic heterocycles. The van der Waals surface area contributed by atoms with Crippen molar-refractivity contribution in [2.45, 2.75) is 20.8 Å². The largest absolute Gasteiger partial charge is 0.399 e. The molecule has 2 aromatic rings. The Kier molecular flexibility index (Phi) is 2.80. The first kappa shape index (κ1) is 11.3. The van der Waals surface area contributed by atoms with Gasteiger partial charge in [-0.25, -0.2) is 0 Å². The van der Waals surface area contributed by atoms with E-state index in [0.29, 0.717) is 0 Å². The molecule has 0 bridgehead atoms. The van der Waals surface area contributed by atoms with Gasteiger partial charge in [0.15, 0.2) is 0 Å². The summed E-state index contributed by atoms with van der Waals surface area (Å²) in [5, 5.41) is 0.